The second-order valence-corrected chi connectivity index (χ2v) is 9.72. The molecular formula is C22H28FN3O3S. The Morgan fingerprint density at radius 1 is 0.900 bits per heavy atom. The van der Waals surface area contributed by atoms with Crippen molar-refractivity contribution in [2.75, 3.05) is 51.3 Å². The summed E-state index contributed by atoms with van der Waals surface area (Å²) in [7, 11) is -1.92. The van der Waals surface area contributed by atoms with Gasteiger partial charge in [-0.1, -0.05) is 12.1 Å². The number of anilines is 1. The summed E-state index contributed by atoms with van der Waals surface area (Å²) in [6.45, 7) is 4.34. The molecule has 30 heavy (non-hydrogen) atoms. The molecule has 6 nitrogen and oxygen atoms in total. The summed E-state index contributed by atoms with van der Waals surface area (Å²) in [4.78, 5) is 4.82. The number of methoxy groups -OCH3 is 1. The molecule has 0 saturated carbocycles. The SMILES string of the molecule is COc1ccc(S(=O)(=O)N2CCC(N3CCN(c4ccccc4F)CC3)CC2)cc1. The first-order chi connectivity index (χ1) is 14.5. The smallest absolute Gasteiger partial charge is 0.243 e. The van der Waals surface area contributed by atoms with Crippen LogP contribution in [-0.2, 0) is 10.0 Å². The van der Waals surface area contributed by atoms with Gasteiger partial charge < -0.3 is 9.64 Å². The van der Waals surface area contributed by atoms with Gasteiger partial charge >= 0.3 is 0 Å². The van der Waals surface area contributed by atoms with E-state index < -0.39 is 10.0 Å². The summed E-state index contributed by atoms with van der Waals surface area (Å²) < 4.78 is 46.6. The molecular weight excluding hydrogens is 405 g/mol. The third-order valence-electron chi connectivity index (χ3n) is 6.14. The molecule has 2 aliphatic heterocycles. The van der Waals surface area contributed by atoms with E-state index in [4.69, 9.17) is 4.74 Å². The number of hydrogen-bond acceptors (Lipinski definition) is 5. The van der Waals surface area contributed by atoms with Crippen LogP contribution in [0.2, 0.25) is 0 Å². The molecule has 0 aromatic heterocycles. The molecule has 0 atom stereocenters. The molecule has 0 aliphatic carbocycles. The highest BCUT2D eigenvalue weighted by molar-refractivity contribution is 7.89. The van der Waals surface area contributed by atoms with Gasteiger partial charge in [0.25, 0.3) is 0 Å². The molecule has 0 unspecified atom stereocenters. The van der Waals surface area contributed by atoms with Crippen LogP contribution in [0, 0.1) is 5.82 Å². The number of benzene rings is 2. The van der Waals surface area contributed by atoms with Crippen LogP contribution in [0.4, 0.5) is 10.1 Å². The lowest BCUT2D eigenvalue weighted by Gasteiger charge is -2.43. The molecule has 2 fully saturated rings. The van der Waals surface area contributed by atoms with Gasteiger partial charge in [0.1, 0.15) is 11.6 Å². The molecule has 162 valence electrons. The second kappa shape index (κ2) is 8.91. The molecule has 2 aromatic carbocycles. The zero-order valence-electron chi connectivity index (χ0n) is 17.2. The van der Waals surface area contributed by atoms with Gasteiger partial charge in [-0.15, -0.1) is 0 Å². The van der Waals surface area contributed by atoms with E-state index in [2.05, 4.69) is 9.80 Å². The summed E-state index contributed by atoms with van der Waals surface area (Å²) in [5.74, 6) is 0.463. The maximum atomic E-state index is 14.0. The van der Waals surface area contributed by atoms with Crippen molar-refractivity contribution >= 4 is 15.7 Å². The van der Waals surface area contributed by atoms with Crippen molar-refractivity contribution in [2.45, 2.75) is 23.8 Å². The van der Waals surface area contributed by atoms with E-state index in [-0.39, 0.29) is 5.82 Å². The fraction of sp³-hybridized carbons (Fsp3) is 0.455. The lowest BCUT2D eigenvalue weighted by Crippen LogP contribution is -2.53. The Morgan fingerprint density at radius 3 is 2.13 bits per heavy atom. The van der Waals surface area contributed by atoms with Gasteiger partial charge in [-0.3, -0.25) is 4.90 Å². The molecule has 0 amide bonds. The third kappa shape index (κ3) is 4.31. The first-order valence-electron chi connectivity index (χ1n) is 10.4. The topological polar surface area (TPSA) is 53.1 Å². The molecule has 0 radical (unpaired) electrons. The predicted molar refractivity (Wildman–Crippen MR) is 115 cm³/mol. The van der Waals surface area contributed by atoms with Crippen LogP contribution in [-0.4, -0.2) is 70.0 Å². The molecule has 0 N–H and O–H groups in total. The average molecular weight is 434 g/mol. The predicted octanol–water partition coefficient (Wildman–Crippen LogP) is 2.81. The third-order valence-corrected chi connectivity index (χ3v) is 8.06. The number of sulfonamides is 1. The second-order valence-electron chi connectivity index (χ2n) is 7.79. The Labute approximate surface area is 177 Å². The summed E-state index contributed by atoms with van der Waals surface area (Å²) in [5.41, 5.74) is 0.664. The Bertz CT molecular complexity index is 952. The summed E-state index contributed by atoms with van der Waals surface area (Å²) in [6, 6.07) is 13.8. The average Bonchev–Trinajstić information content (AvgIpc) is 2.80. The van der Waals surface area contributed by atoms with Crippen LogP contribution < -0.4 is 9.64 Å². The maximum absolute atomic E-state index is 14.0. The van der Waals surface area contributed by atoms with Gasteiger partial charge in [0, 0.05) is 45.3 Å². The number of rotatable bonds is 5. The normalized spacial score (nSPS) is 19.7. The molecule has 8 heteroatoms. The van der Waals surface area contributed by atoms with Crippen molar-refractivity contribution in [3.05, 3.63) is 54.3 Å². The van der Waals surface area contributed by atoms with Gasteiger partial charge in [-0.25, -0.2) is 12.8 Å². The van der Waals surface area contributed by atoms with Crippen molar-refractivity contribution in [3.63, 3.8) is 0 Å². The zero-order valence-corrected chi connectivity index (χ0v) is 18.0. The number of piperidine rings is 1. The van der Waals surface area contributed by atoms with Gasteiger partial charge in [0.05, 0.1) is 17.7 Å². The fourth-order valence-corrected chi connectivity index (χ4v) is 5.85. The van der Waals surface area contributed by atoms with E-state index in [1.165, 1.54) is 6.07 Å². The van der Waals surface area contributed by atoms with Crippen LogP contribution in [0.5, 0.6) is 5.75 Å². The number of hydrogen-bond donors (Lipinski definition) is 0. The number of para-hydroxylation sites is 1. The number of halogens is 1. The van der Waals surface area contributed by atoms with Crippen molar-refractivity contribution < 1.29 is 17.5 Å². The summed E-state index contributed by atoms with van der Waals surface area (Å²) in [5, 5.41) is 0. The largest absolute Gasteiger partial charge is 0.497 e. The zero-order chi connectivity index (χ0) is 21.1. The van der Waals surface area contributed by atoms with Crippen LogP contribution in [0.1, 0.15) is 12.8 Å². The van der Waals surface area contributed by atoms with Crippen molar-refractivity contribution in [1.82, 2.24) is 9.21 Å². The Kier molecular flexibility index (Phi) is 6.26. The van der Waals surface area contributed by atoms with Gasteiger partial charge in [-0.2, -0.15) is 4.31 Å². The van der Waals surface area contributed by atoms with Crippen LogP contribution in [0.15, 0.2) is 53.4 Å². The highest BCUT2D eigenvalue weighted by atomic mass is 32.2. The molecule has 0 spiro atoms. The first kappa shape index (κ1) is 21.1. The lowest BCUT2D eigenvalue weighted by molar-refractivity contribution is 0.132. The lowest BCUT2D eigenvalue weighted by atomic mass is 10.0. The van der Waals surface area contributed by atoms with E-state index in [0.717, 1.165) is 39.0 Å². The Balaban J connectivity index is 1.32. The Hall–Kier alpha value is -2.16. The van der Waals surface area contributed by atoms with Gasteiger partial charge in [0.15, 0.2) is 0 Å². The van der Waals surface area contributed by atoms with Crippen molar-refractivity contribution in [2.24, 2.45) is 0 Å². The highest BCUT2D eigenvalue weighted by Gasteiger charge is 2.33. The maximum Gasteiger partial charge on any atom is 0.243 e. The van der Waals surface area contributed by atoms with Crippen molar-refractivity contribution in [1.29, 1.82) is 0 Å². The highest BCUT2D eigenvalue weighted by Crippen LogP contribution is 2.26. The van der Waals surface area contributed by atoms with E-state index in [0.29, 0.717) is 35.5 Å². The van der Waals surface area contributed by atoms with Crippen molar-refractivity contribution in [3.8, 4) is 5.75 Å². The fourth-order valence-electron chi connectivity index (χ4n) is 4.38. The minimum absolute atomic E-state index is 0.178. The van der Waals surface area contributed by atoms with Crippen LogP contribution in [0.25, 0.3) is 0 Å². The van der Waals surface area contributed by atoms with Gasteiger partial charge in [-0.05, 0) is 49.2 Å². The van der Waals surface area contributed by atoms with E-state index in [1.807, 2.05) is 12.1 Å². The minimum Gasteiger partial charge on any atom is -0.497 e. The van der Waals surface area contributed by atoms with E-state index >= 15 is 0 Å². The first-order valence-corrected chi connectivity index (χ1v) is 11.8. The molecule has 4 rings (SSSR count). The summed E-state index contributed by atoms with van der Waals surface area (Å²) in [6.07, 6.45) is 1.63. The standard InChI is InChI=1S/C22H28FN3O3S/c1-29-19-6-8-20(9-7-19)30(27,28)26-12-10-18(11-13-26)24-14-16-25(17-15-24)22-5-3-2-4-21(22)23/h2-9,18H,10-17H2,1H3. The molecule has 2 aromatic rings. The Morgan fingerprint density at radius 2 is 1.53 bits per heavy atom. The molecule has 2 heterocycles. The minimum atomic E-state index is -3.48. The van der Waals surface area contributed by atoms with Crippen LogP contribution in [0.3, 0.4) is 0 Å². The van der Waals surface area contributed by atoms with E-state index in [9.17, 15) is 12.8 Å². The van der Waals surface area contributed by atoms with E-state index in [1.54, 1.807) is 41.7 Å². The molecule has 0 bridgehead atoms. The molecule has 2 aliphatic rings. The number of nitrogens with zero attached hydrogens (tertiary/aromatic N) is 3. The van der Waals surface area contributed by atoms with Gasteiger partial charge in [0.2, 0.25) is 10.0 Å². The quantitative estimate of drug-likeness (QED) is 0.726. The number of piperazine rings is 1. The number of ether oxygens (including phenoxy) is 1. The molecule has 2 saturated heterocycles. The van der Waals surface area contributed by atoms with Crippen LogP contribution >= 0.6 is 0 Å². The monoisotopic (exact) mass is 433 g/mol. The summed E-state index contributed by atoms with van der Waals surface area (Å²) >= 11 is 0.